The molecule has 2 unspecified atom stereocenters. The Hall–Kier alpha value is -0.800. The van der Waals surface area contributed by atoms with Gasteiger partial charge in [-0.3, -0.25) is 0 Å². The summed E-state index contributed by atoms with van der Waals surface area (Å²) in [5.74, 6) is 1.10. The highest BCUT2D eigenvalue weighted by atomic mass is 16.5. The first-order chi connectivity index (χ1) is 9.88. The highest BCUT2D eigenvalue weighted by Gasteiger charge is 2.16. The van der Waals surface area contributed by atoms with Gasteiger partial charge in [-0.25, -0.2) is 0 Å². The van der Waals surface area contributed by atoms with E-state index in [0.717, 1.165) is 25.3 Å². The smallest absolute Gasteiger partial charge is 0.103 e. The zero-order valence-corrected chi connectivity index (χ0v) is 12.8. The summed E-state index contributed by atoms with van der Waals surface area (Å²) in [7, 11) is 0. The third-order valence-corrected chi connectivity index (χ3v) is 4.10. The fourth-order valence-corrected chi connectivity index (χ4v) is 2.93. The van der Waals surface area contributed by atoms with Gasteiger partial charge >= 0.3 is 0 Å². The van der Waals surface area contributed by atoms with Gasteiger partial charge in [0.15, 0.2) is 0 Å². The highest BCUT2D eigenvalue weighted by molar-refractivity contribution is 4.98. The largest absolute Gasteiger partial charge is 0.469 e. The summed E-state index contributed by atoms with van der Waals surface area (Å²) in [4.78, 5) is 0. The molecule has 1 aliphatic rings. The van der Waals surface area contributed by atoms with E-state index < -0.39 is 0 Å². The van der Waals surface area contributed by atoms with Crippen molar-refractivity contribution in [2.24, 2.45) is 0 Å². The zero-order chi connectivity index (χ0) is 14.0. The van der Waals surface area contributed by atoms with Crippen LogP contribution in [-0.2, 0) is 11.2 Å². The van der Waals surface area contributed by atoms with Crippen molar-refractivity contribution in [3.8, 4) is 0 Å². The first-order valence-electron chi connectivity index (χ1n) is 8.26. The fraction of sp³-hybridized carbons (Fsp3) is 0.765. The van der Waals surface area contributed by atoms with Gasteiger partial charge in [0.1, 0.15) is 5.76 Å². The van der Waals surface area contributed by atoms with Crippen LogP contribution in [0.2, 0.25) is 0 Å². The van der Waals surface area contributed by atoms with Crippen molar-refractivity contribution in [2.45, 2.75) is 70.4 Å². The summed E-state index contributed by atoms with van der Waals surface area (Å²) in [6.07, 6.45) is 12.0. The maximum atomic E-state index is 5.70. The molecule has 3 nitrogen and oxygen atoms in total. The minimum atomic E-state index is 0.534. The third-order valence-electron chi connectivity index (χ3n) is 4.10. The molecular formula is C17H29NO2. The predicted octanol–water partition coefficient (Wildman–Crippen LogP) is 3.93. The quantitative estimate of drug-likeness (QED) is 0.704. The lowest BCUT2D eigenvalue weighted by Crippen LogP contribution is -2.30. The van der Waals surface area contributed by atoms with Crippen LogP contribution in [0, 0.1) is 0 Å². The van der Waals surface area contributed by atoms with Crippen LogP contribution in [0.3, 0.4) is 0 Å². The Balaban J connectivity index is 1.65. The summed E-state index contributed by atoms with van der Waals surface area (Å²) >= 11 is 0. The van der Waals surface area contributed by atoms with Crippen LogP contribution in [0.1, 0.15) is 57.6 Å². The molecule has 1 saturated heterocycles. The Morgan fingerprint density at radius 2 is 2.35 bits per heavy atom. The van der Waals surface area contributed by atoms with Crippen molar-refractivity contribution in [3.63, 3.8) is 0 Å². The normalized spacial score (nSPS) is 20.4. The lowest BCUT2D eigenvalue weighted by atomic mass is 10.0. The van der Waals surface area contributed by atoms with E-state index in [9.17, 15) is 0 Å². The zero-order valence-electron chi connectivity index (χ0n) is 12.8. The van der Waals surface area contributed by atoms with Crippen LogP contribution in [0.15, 0.2) is 22.8 Å². The molecule has 0 bridgehead atoms. The standard InChI is InChI=1S/C17H29NO2/c1-2-12-18-15(10-11-17-9-5-14-20-17)6-3-7-16-8-4-13-19-16/h5,9,14-16,18H,2-4,6-8,10-13H2,1H3. The van der Waals surface area contributed by atoms with Crippen molar-refractivity contribution >= 4 is 0 Å². The molecule has 1 N–H and O–H groups in total. The van der Waals surface area contributed by atoms with Crippen LogP contribution in [-0.4, -0.2) is 25.3 Å². The Morgan fingerprint density at radius 3 is 3.05 bits per heavy atom. The van der Waals surface area contributed by atoms with Gasteiger partial charge < -0.3 is 14.5 Å². The first-order valence-corrected chi connectivity index (χ1v) is 8.26. The first kappa shape index (κ1) is 15.6. The number of rotatable bonds is 10. The number of hydrogen-bond donors (Lipinski definition) is 1. The van der Waals surface area contributed by atoms with Crippen LogP contribution in [0.5, 0.6) is 0 Å². The number of aryl methyl sites for hydroxylation is 1. The number of ether oxygens (including phenoxy) is 1. The molecule has 1 fully saturated rings. The molecule has 0 radical (unpaired) electrons. The van der Waals surface area contributed by atoms with Crippen molar-refractivity contribution in [2.75, 3.05) is 13.2 Å². The van der Waals surface area contributed by atoms with E-state index in [1.54, 1.807) is 6.26 Å². The van der Waals surface area contributed by atoms with Gasteiger partial charge in [0.05, 0.1) is 12.4 Å². The lowest BCUT2D eigenvalue weighted by Gasteiger charge is -2.19. The molecular weight excluding hydrogens is 250 g/mol. The van der Waals surface area contributed by atoms with E-state index in [2.05, 4.69) is 18.3 Å². The summed E-state index contributed by atoms with van der Waals surface area (Å²) in [6.45, 7) is 4.31. The van der Waals surface area contributed by atoms with Crippen LogP contribution < -0.4 is 5.32 Å². The second-order valence-corrected chi connectivity index (χ2v) is 5.84. The average Bonchev–Trinajstić information content (AvgIpc) is 3.14. The minimum absolute atomic E-state index is 0.534. The maximum Gasteiger partial charge on any atom is 0.103 e. The van der Waals surface area contributed by atoms with Gasteiger partial charge in [-0.15, -0.1) is 0 Å². The average molecular weight is 279 g/mol. The number of hydrogen-bond acceptors (Lipinski definition) is 3. The fourth-order valence-electron chi connectivity index (χ4n) is 2.93. The molecule has 1 aromatic heterocycles. The molecule has 0 saturated carbocycles. The summed E-state index contributed by atoms with van der Waals surface area (Å²) in [5, 5.41) is 3.67. The van der Waals surface area contributed by atoms with E-state index in [1.807, 2.05) is 6.07 Å². The summed E-state index contributed by atoms with van der Waals surface area (Å²) < 4.78 is 11.1. The van der Waals surface area contributed by atoms with Gasteiger partial charge in [-0.1, -0.05) is 6.92 Å². The summed E-state index contributed by atoms with van der Waals surface area (Å²) in [5.41, 5.74) is 0. The van der Waals surface area contributed by atoms with Crippen molar-refractivity contribution in [1.82, 2.24) is 5.32 Å². The second-order valence-electron chi connectivity index (χ2n) is 5.84. The van der Waals surface area contributed by atoms with Crippen molar-refractivity contribution in [3.05, 3.63) is 24.2 Å². The number of furan rings is 1. The number of nitrogens with one attached hydrogen (secondary N) is 1. The van der Waals surface area contributed by atoms with Crippen molar-refractivity contribution in [1.29, 1.82) is 0 Å². The van der Waals surface area contributed by atoms with E-state index in [-0.39, 0.29) is 0 Å². The Labute approximate surface area is 123 Å². The second kappa shape index (κ2) is 9.19. The maximum absolute atomic E-state index is 5.70. The highest BCUT2D eigenvalue weighted by Crippen LogP contribution is 2.19. The van der Waals surface area contributed by atoms with Gasteiger partial charge in [0, 0.05) is 19.1 Å². The van der Waals surface area contributed by atoms with Crippen LogP contribution in [0.4, 0.5) is 0 Å². The molecule has 1 aromatic rings. The monoisotopic (exact) mass is 279 g/mol. The molecule has 114 valence electrons. The Kier molecular flexibility index (Phi) is 7.16. The Morgan fingerprint density at radius 1 is 1.40 bits per heavy atom. The molecule has 1 aliphatic heterocycles. The van der Waals surface area contributed by atoms with E-state index in [4.69, 9.17) is 9.15 Å². The van der Waals surface area contributed by atoms with Gasteiger partial charge in [0.2, 0.25) is 0 Å². The van der Waals surface area contributed by atoms with Crippen LogP contribution >= 0.6 is 0 Å². The molecule has 2 atom stereocenters. The molecule has 3 heteroatoms. The van der Waals surface area contributed by atoms with Gasteiger partial charge in [0.25, 0.3) is 0 Å². The SMILES string of the molecule is CCCNC(CCCC1CCCO1)CCc1ccco1. The van der Waals surface area contributed by atoms with E-state index in [0.29, 0.717) is 12.1 Å². The topological polar surface area (TPSA) is 34.4 Å². The van der Waals surface area contributed by atoms with Crippen molar-refractivity contribution < 1.29 is 9.15 Å². The molecule has 0 aliphatic carbocycles. The molecule has 20 heavy (non-hydrogen) atoms. The molecule has 0 aromatic carbocycles. The lowest BCUT2D eigenvalue weighted by molar-refractivity contribution is 0.101. The van der Waals surface area contributed by atoms with Gasteiger partial charge in [-0.05, 0) is 63.6 Å². The summed E-state index contributed by atoms with van der Waals surface area (Å²) in [6, 6.07) is 4.66. The minimum Gasteiger partial charge on any atom is -0.469 e. The Bertz CT molecular complexity index is 331. The molecule has 0 amide bonds. The van der Waals surface area contributed by atoms with E-state index >= 15 is 0 Å². The van der Waals surface area contributed by atoms with Crippen LogP contribution in [0.25, 0.3) is 0 Å². The molecule has 2 rings (SSSR count). The van der Waals surface area contributed by atoms with Gasteiger partial charge in [-0.2, -0.15) is 0 Å². The molecule has 2 heterocycles. The predicted molar refractivity (Wildman–Crippen MR) is 81.9 cm³/mol. The van der Waals surface area contributed by atoms with E-state index in [1.165, 1.54) is 44.9 Å². The third kappa shape index (κ3) is 5.68. The molecule has 0 spiro atoms.